The summed E-state index contributed by atoms with van der Waals surface area (Å²) >= 11 is 0. The van der Waals surface area contributed by atoms with E-state index in [0.29, 0.717) is 12.5 Å². The molecule has 4 heteroatoms. The van der Waals surface area contributed by atoms with E-state index in [4.69, 9.17) is 10.5 Å². The van der Waals surface area contributed by atoms with Gasteiger partial charge < -0.3 is 15.4 Å². The Kier molecular flexibility index (Phi) is 3.69. The summed E-state index contributed by atoms with van der Waals surface area (Å²) in [5.74, 6) is 0.357. The highest BCUT2D eigenvalue weighted by molar-refractivity contribution is 5.68. The van der Waals surface area contributed by atoms with E-state index < -0.39 is 5.60 Å². The number of nitrogens with zero attached hydrogens (tertiary/aromatic N) is 1. The molecule has 1 aliphatic heterocycles. The van der Waals surface area contributed by atoms with Crippen molar-refractivity contribution in [1.29, 1.82) is 0 Å². The van der Waals surface area contributed by atoms with Crippen LogP contribution in [0.1, 0.15) is 38.7 Å². The Balaban J connectivity index is 1.98. The van der Waals surface area contributed by atoms with Gasteiger partial charge in [0.2, 0.25) is 0 Å². The zero-order valence-corrected chi connectivity index (χ0v) is 11.8. The van der Waals surface area contributed by atoms with Crippen LogP contribution in [0.5, 0.6) is 0 Å². The van der Waals surface area contributed by atoms with Gasteiger partial charge in [0, 0.05) is 24.7 Å². The molecule has 19 heavy (non-hydrogen) atoms. The molecule has 0 aromatic heterocycles. The van der Waals surface area contributed by atoms with Crippen LogP contribution >= 0.6 is 0 Å². The van der Waals surface area contributed by atoms with Crippen molar-refractivity contribution in [3.05, 3.63) is 29.8 Å². The first-order valence-corrected chi connectivity index (χ1v) is 6.68. The van der Waals surface area contributed by atoms with E-state index in [2.05, 4.69) is 6.07 Å². The van der Waals surface area contributed by atoms with Crippen molar-refractivity contribution in [2.45, 2.75) is 38.7 Å². The number of hydrogen-bond donors (Lipinski definition) is 1. The van der Waals surface area contributed by atoms with Crippen molar-refractivity contribution in [1.82, 2.24) is 4.90 Å². The number of benzene rings is 1. The van der Waals surface area contributed by atoms with E-state index in [1.54, 1.807) is 4.90 Å². The molecular formula is C15H22N2O2. The third-order valence-electron chi connectivity index (χ3n) is 3.22. The van der Waals surface area contributed by atoms with Gasteiger partial charge in [-0.25, -0.2) is 4.79 Å². The number of ether oxygens (including phenoxy) is 1. The smallest absolute Gasteiger partial charge is 0.410 e. The highest BCUT2D eigenvalue weighted by atomic mass is 16.6. The van der Waals surface area contributed by atoms with Crippen LogP contribution in [0.2, 0.25) is 0 Å². The highest BCUT2D eigenvalue weighted by Gasteiger charge is 2.30. The lowest BCUT2D eigenvalue weighted by Crippen LogP contribution is -2.35. The maximum atomic E-state index is 12.0. The van der Waals surface area contributed by atoms with Gasteiger partial charge in [-0.05, 0) is 44.9 Å². The SMILES string of the molecule is CC(C)(C)OC(=O)N1CC[C@H](c2cccc(N)c2)C1. The van der Waals surface area contributed by atoms with Gasteiger partial charge in [-0.15, -0.1) is 0 Å². The minimum atomic E-state index is -0.438. The molecule has 0 spiro atoms. The summed E-state index contributed by atoms with van der Waals surface area (Å²) in [5.41, 5.74) is 7.33. The molecule has 1 amide bonds. The largest absolute Gasteiger partial charge is 0.444 e. The predicted molar refractivity (Wildman–Crippen MR) is 76.0 cm³/mol. The summed E-state index contributed by atoms with van der Waals surface area (Å²) < 4.78 is 5.39. The highest BCUT2D eigenvalue weighted by Crippen LogP contribution is 2.29. The maximum absolute atomic E-state index is 12.0. The quantitative estimate of drug-likeness (QED) is 0.791. The topological polar surface area (TPSA) is 55.6 Å². The minimum Gasteiger partial charge on any atom is -0.444 e. The summed E-state index contributed by atoms with van der Waals surface area (Å²) in [4.78, 5) is 13.8. The second-order valence-corrected chi connectivity index (χ2v) is 6.08. The van der Waals surface area contributed by atoms with Crippen LogP contribution in [0, 0.1) is 0 Å². The maximum Gasteiger partial charge on any atom is 0.410 e. The van der Waals surface area contributed by atoms with E-state index in [0.717, 1.165) is 18.7 Å². The van der Waals surface area contributed by atoms with E-state index >= 15 is 0 Å². The Bertz CT molecular complexity index is 465. The zero-order valence-electron chi connectivity index (χ0n) is 11.8. The number of carbonyl (C=O) groups excluding carboxylic acids is 1. The van der Waals surface area contributed by atoms with Crippen LogP contribution in [0.3, 0.4) is 0 Å². The normalized spacial score (nSPS) is 19.5. The molecule has 2 N–H and O–H groups in total. The van der Waals surface area contributed by atoms with Gasteiger partial charge in [0.1, 0.15) is 5.60 Å². The average molecular weight is 262 g/mol. The molecule has 2 rings (SSSR count). The van der Waals surface area contributed by atoms with Crippen molar-refractivity contribution < 1.29 is 9.53 Å². The first kappa shape index (κ1) is 13.7. The Morgan fingerprint density at radius 3 is 2.79 bits per heavy atom. The number of carbonyl (C=O) groups is 1. The van der Waals surface area contributed by atoms with E-state index in [1.807, 2.05) is 39.0 Å². The van der Waals surface area contributed by atoms with Crippen LogP contribution in [-0.2, 0) is 4.74 Å². The Labute approximate surface area is 114 Å². The van der Waals surface area contributed by atoms with Gasteiger partial charge in [-0.1, -0.05) is 12.1 Å². The molecule has 0 unspecified atom stereocenters. The fourth-order valence-corrected chi connectivity index (χ4v) is 2.34. The number of nitrogens with two attached hydrogens (primary N) is 1. The Morgan fingerprint density at radius 2 is 2.16 bits per heavy atom. The first-order chi connectivity index (χ1) is 8.85. The van der Waals surface area contributed by atoms with Crippen LogP contribution in [0.4, 0.5) is 10.5 Å². The minimum absolute atomic E-state index is 0.223. The van der Waals surface area contributed by atoms with Crippen LogP contribution in [0.15, 0.2) is 24.3 Å². The summed E-state index contributed by atoms with van der Waals surface area (Å²) in [6, 6.07) is 7.90. The van der Waals surface area contributed by atoms with Crippen molar-refractivity contribution in [3.63, 3.8) is 0 Å². The third kappa shape index (κ3) is 3.63. The number of nitrogen functional groups attached to an aromatic ring is 1. The molecule has 1 aromatic carbocycles. The van der Waals surface area contributed by atoms with Gasteiger partial charge in [0.05, 0.1) is 0 Å². The number of likely N-dealkylation sites (tertiary alicyclic amines) is 1. The Hall–Kier alpha value is -1.71. The van der Waals surface area contributed by atoms with Crippen LogP contribution < -0.4 is 5.73 Å². The Morgan fingerprint density at radius 1 is 1.42 bits per heavy atom. The second-order valence-electron chi connectivity index (χ2n) is 6.08. The molecule has 0 saturated carbocycles. The lowest BCUT2D eigenvalue weighted by atomic mass is 9.98. The molecule has 1 heterocycles. The van der Waals surface area contributed by atoms with E-state index in [1.165, 1.54) is 5.56 Å². The number of anilines is 1. The number of hydrogen-bond acceptors (Lipinski definition) is 3. The summed E-state index contributed by atoms with van der Waals surface area (Å²) in [7, 11) is 0. The first-order valence-electron chi connectivity index (χ1n) is 6.68. The van der Waals surface area contributed by atoms with Crippen molar-refractivity contribution in [3.8, 4) is 0 Å². The molecule has 0 aliphatic carbocycles. The molecule has 104 valence electrons. The lowest BCUT2D eigenvalue weighted by Gasteiger charge is -2.24. The standard InChI is InChI=1S/C15H22N2O2/c1-15(2,3)19-14(18)17-8-7-12(10-17)11-5-4-6-13(16)9-11/h4-6,9,12H,7-8,10,16H2,1-3H3/t12-/m0/s1. The van der Waals surface area contributed by atoms with E-state index in [9.17, 15) is 4.79 Å². The summed E-state index contributed by atoms with van der Waals surface area (Å²) in [6.45, 7) is 7.11. The molecule has 4 nitrogen and oxygen atoms in total. The fraction of sp³-hybridized carbons (Fsp3) is 0.533. The number of rotatable bonds is 1. The molecule has 1 atom stereocenters. The van der Waals surface area contributed by atoms with Gasteiger partial charge in [-0.3, -0.25) is 0 Å². The molecule has 1 saturated heterocycles. The predicted octanol–water partition coefficient (Wildman–Crippen LogP) is 2.99. The number of amides is 1. The molecule has 0 radical (unpaired) electrons. The molecule has 0 bridgehead atoms. The van der Waals surface area contributed by atoms with Crippen LogP contribution in [0.25, 0.3) is 0 Å². The van der Waals surface area contributed by atoms with Crippen LogP contribution in [-0.4, -0.2) is 29.7 Å². The van der Waals surface area contributed by atoms with E-state index in [-0.39, 0.29) is 6.09 Å². The zero-order chi connectivity index (χ0) is 14.0. The molecule has 1 aromatic rings. The summed E-state index contributed by atoms with van der Waals surface area (Å²) in [6.07, 6.45) is 0.738. The van der Waals surface area contributed by atoms with Crippen molar-refractivity contribution in [2.75, 3.05) is 18.8 Å². The van der Waals surface area contributed by atoms with Gasteiger partial charge in [0.15, 0.2) is 0 Å². The third-order valence-corrected chi connectivity index (χ3v) is 3.22. The summed E-state index contributed by atoms with van der Waals surface area (Å²) in [5, 5.41) is 0. The molecular weight excluding hydrogens is 240 g/mol. The second kappa shape index (κ2) is 5.11. The lowest BCUT2D eigenvalue weighted by molar-refractivity contribution is 0.0292. The van der Waals surface area contributed by atoms with Gasteiger partial charge >= 0.3 is 6.09 Å². The van der Waals surface area contributed by atoms with Gasteiger partial charge in [-0.2, -0.15) is 0 Å². The van der Waals surface area contributed by atoms with Crippen molar-refractivity contribution >= 4 is 11.8 Å². The fourth-order valence-electron chi connectivity index (χ4n) is 2.34. The monoisotopic (exact) mass is 262 g/mol. The molecule has 1 fully saturated rings. The van der Waals surface area contributed by atoms with Gasteiger partial charge in [0.25, 0.3) is 0 Å². The average Bonchev–Trinajstić information content (AvgIpc) is 2.75. The molecule has 1 aliphatic rings. The van der Waals surface area contributed by atoms with Crippen molar-refractivity contribution in [2.24, 2.45) is 0 Å².